The van der Waals surface area contributed by atoms with E-state index in [-0.39, 0.29) is 24.9 Å². The van der Waals surface area contributed by atoms with Crippen LogP contribution in [0.2, 0.25) is 0 Å². The van der Waals surface area contributed by atoms with E-state index in [4.69, 9.17) is 5.11 Å². The summed E-state index contributed by atoms with van der Waals surface area (Å²) in [6, 6.07) is 0. The highest BCUT2D eigenvalue weighted by Crippen LogP contribution is 2.36. The summed E-state index contributed by atoms with van der Waals surface area (Å²) in [6.45, 7) is 3.36. The minimum Gasteiger partial charge on any atom is -0.396 e. The molecule has 0 heterocycles. The highest BCUT2D eigenvalue weighted by molar-refractivity contribution is 4.95. The molecule has 14 heavy (non-hydrogen) atoms. The van der Waals surface area contributed by atoms with E-state index < -0.39 is 17.8 Å². The first-order valence-electron chi connectivity index (χ1n) is 5.08. The van der Waals surface area contributed by atoms with Crippen LogP contribution in [0.15, 0.2) is 0 Å². The summed E-state index contributed by atoms with van der Waals surface area (Å²) in [5, 5.41) is 38.0. The molecule has 4 heteroatoms. The van der Waals surface area contributed by atoms with Crippen molar-refractivity contribution in [2.75, 3.05) is 6.61 Å². The molecule has 0 unspecified atom stereocenters. The van der Waals surface area contributed by atoms with Crippen LogP contribution in [0.3, 0.4) is 0 Å². The van der Waals surface area contributed by atoms with Crippen molar-refractivity contribution in [1.82, 2.24) is 0 Å². The summed E-state index contributed by atoms with van der Waals surface area (Å²) in [6.07, 6.45) is -0.945. The molecule has 1 aliphatic carbocycles. The fourth-order valence-corrected chi connectivity index (χ4v) is 2.13. The highest BCUT2D eigenvalue weighted by Gasteiger charge is 2.43. The number of rotatable bonds is 2. The van der Waals surface area contributed by atoms with Crippen molar-refractivity contribution < 1.29 is 20.4 Å². The topological polar surface area (TPSA) is 80.9 Å². The fraction of sp³-hybridized carbons (Fsp3) is 1.00. The monoisotopic (exact) mass is 204 g/mol. The van der Waals surface area contributed by atoms with E-state index in [1.165, 1.54) is 6.92 Å². The van der Waals surface area contributed by atoms with Crippen LogP contribution in [0.1, 0.15) is 26.7 Å². The first kappa shape index (κ1) is 11.9. The predicted molar refractivity (Wildman–Crippen MR) is 51.6 cm³/mol. The summed E-state index contributed by atoms with van der Waals surface area (Å²) >= 11 is 0. The molecule has 0 spiro atoms. The van der Waals surface area contributed by atoms with Gasteiger partial charge in [-0.3, -0.25) is 0 Å². The average Bonchev–Trinajstić information content (AvgIpc) is 2.09. The van der Waals surface area contributed by atoms with Crippen LogP contribution >= 0.6 is 0 Å². The molecule has 0 bridgehead atoms. The molecule has 0 amide bonds. The Morgan fingerprint density at radius 2 is 2.00 bits per heavy atom. The Labute approximate surface area is 84.2 Å². The van der Waals surface area contributed by atoms with Crippen molar-refractivity contribution in [3.8, 4) is 0 Å². The summed E-state index contributed by atoms with van der Waals surface area (Å²) in [5.41, 5.74) is -1.20. The summed E-state index contributed by atoms with van der Waals surface area (Å²) in [7, 11) is 0. The number of hydrogen-bond acceptors (Lipinski definition) is 4. The molecule has 0 aromatic heterocycles. The van der Waals surface area contributed by atoms with Gasteiger partial charge in [0.2, 0.25) is 0 Å². The molecule has 0 aromatic carbocycles. The normalized spacial score (nSPS) is 46.3. The number of aliphatic hydroxyl groups excluding tert-OH is 3. The van der Waals surface area contributed by atoms with Gasteiger partial charge in [-0.2, -0.15) is 0 Å². The van der Waals surface area contributed by atoms with Crippen LogP contribution in [0, 0.1) is 11.8 Å². The molecule has 1 aliphatic rings. The van der Waals surface area contributed by atoms with Gasteiger partial charge in [-0.25, -0.2) is 0 Å². The summed E-state index contributed by atoms with van der Waals surface area (Å²) in [4.78, 5) is 0. The molecule has 1 saturated carbocycles. The van der Waals surface area contributed by atoms with Crippen LogP contribution in [-0.4, -0.2) is 44.8 Å². The molecule has 1 rings (SSSR count). The Balaban J connectivity index is 2.67. The molecule has 0 saturated heterocycles. The molecule has 4 N–H and O–H groups in total. The Kier molecular flexibility index (Phi) is 3.53. The van der Waals surface area contributed by atoms with Crippen molar-refractivity contribution in [3.05, 3.63) is 0 Å². The first-order valence-corrected chi connectivity index (χ1v) is 5.08. The third-order valence-corrected chi connectivity index (χ3v) is 3.35. The molecule has 0 aromatic rings. The van der Waals surface area contributed by atoms with E-state index in [1.54, 1.807) is 0 Å². The lowest BCUT2D eigenvalue weighted by Gasteiger charge is -2.42. The van der Waals surface area contributed by atoms with E-state index in [0.717, 1.165) is 0 Å². The largest absolute Gasteiger partial charge is 0.396 e. The average molecular weight is 204 g/mol. The number of hydrogen-bond donors (Lipinski definition) is 4. The lowest BCUT2D eigenvalue weighted by molar-refractivity contribution is -0.146. The summed E-state index contributed by atoms with van der Waals surface area (Å²) in [5.74, 6) is -0.175. The smallest absolute Gasteiger partial charge is 0.0902 e. The zero-order valence-corrected chi connectivity index (χ0v) is 8.72. The quantitative estimate of drug-likeness (QED) is 0.489. The van der Waals surface area contributed by atoms with Crippen molar-refractivity contribution >= 4 is 0 Å². The second-order valence-electron chi connectivity index (χ2n) is 4.70. The van der Waals surface area contributed by atoms with Gasteiger partial charge in [0.1, 0.15) is 0 Å². The van der Waals surface area contributed by atoms with Gasteiger partial charge in [0.25, 0.3) is 0 Å². The van der Waals surface area contributed by atoms with Gasteiger partial charge in [-0.05, 0) is 25.2 Å². The van der Waals surface area contributed by atoms with Crippen LogP contribution in [0.25, 0.3) is 0 Å². The van der Waals surface area contributed by atoms with Gasteiger partial charge in [0.15, 0.2) is 0 Å². The van der Waals surface area contributed by atoms with E-state index in [0.29, 0.717) is 6.42 Å². The minimum atomic E-state index is -1.20. The Morgan fingerprint density at radius 3 is 2.50 bits per heavy atom. The third-order valence-electron chi connectivity index (χ3n) is 3.35. The predicted octanol–water partition coefficient (Wildman–Crippen LogP) is -0.502. The van der Waals surface area contributed by atoms with Gasteiger partial charge < -0.3 is 20.4 Å². The van der Waals surface area contributed by atoms with Crippen LogP contribution < -0.4 is 0 Å². The molecule has 1 fully saturated rings. The van der Waals surface area contributed by atoms with Crippen LogP contribution in [0.5, 0.6) is 0 Å². The SMILES string of the molecule is C[C@@H](CO)[C@H]1C[C@@H](O)[C@@](C)(O)C[C@H]1O. The lowest BCUT2D eigenvalue weighted by atomic mass is 9.71. The Morgan fingerprint density at radius 1 is 1.43 bits per heavy atom. The standard InChI is InChI=1S/C10H20O4/c1-6(5-11)7-3-9(13)10(2,14)4-8(7)12/h6-9,11-14H,3-5H2,1-2H3/t6-,7+,8+,9+,10-/m0/s1. The Hall–Kier alpha value is -0.160. The van der Waals surface area contributed by atoms with Crippen molar-refractivity contribution in [2.24, 2.45) is 11.8 Å². The van der Waals surface area contributed by atoms with Gasteiger partial charge in [-0.15, -0.1) is 0 Å². The van der Waals surface area contributed by atoms with E-state index in [9.17, 15) is 15.3 Å². The van der Waals surface area contributed by atoms with Crippen molar-refractivity contribution in [1.29, 1.82) is 0 Å². The first-order chi connectivity index (χ1) is 6.38. The van der Waals surface area contributed by atoms with Gasteiger partial charge in [0.05, 0.1) is 17.8 Å². The van der Waals surface area contributed by atoms with Crippen molar-refractivity contribution in [3.63, 3.8) is 0 Å². The maximum atomic E-state index is 9.74. The minimum absolute atomic E-state index is 0.00338. The second kappa shape index (κ2) is 4.14. The van der Waals surface area contributed by atoms with Gasteiger partial charge in [0, 0.05) is 13.0 Å². The second-order valence-corrected chi connectivity index (χ2v) is 4.70. The molecule has 5 atom stereocenters. The summed E-state index contributed by atoms with van der Waals surface area (Å²) < 4.78 is 0. The molecule has 0 aliphatic heterocycles. The van der Waals surface area contributed by atoms with E-state index in [1.807, 2.05) is 6.92 Å². The third kappa shape index (κ3) is 2.25. The molecule has 0 radical (unpaired) electrons. The maximum absolute atomic E-state index is 9.74. The highest BCUT2D eigenvalue weighted by atomic mass is 16.3. The number of aliphatic hydroxyl groups is 4. The van der Waals surface area contributed by atoms with Crippen LogP contribution in [-0.2, 0) is 0 Å². The fourth-order valence-electron chi connectivity index (χ4n) is 2.13. The van der Waals surface area contributed by atoms with E-state index in [2.05, 4.69) is 0 Å². The zero-order valence-electron chi connectivity index (χ0n) is 8.72. The Bertz CT molecular complexity index is 193. The molecule has 84 valence electrons. The van der Waals surface area contributed by atoms with Crippen LogP contribution in [0.4, 0.5) is 0 Å². The maximum Gasteiger partial charge on any atom is 0.0902 e. The lowest BCUT2D eigenvalue weighted by Crippen LogP contribution is -2.51. The van der Waals surface area contributed by atoms with Gasteiger partial charge in [-0.1, -0.05) is 6.92 Å². The van der Waals surface area contributed by atoms with Crippen molar-refractivity contribution in [2.45, 2.75) is 44.5 Å². The zero-order chi connectivity index (χ0) is 10.9. The van der Waals surface area contributed by atoms with E-state index >= 15 is 0 Å². The van der Waals surface area contributed by atoms with Gasteiger partial charge >= 0.3 is 0 Å². The molecular weight excluding hydrogens is 184 g/mol. The molecular formula is C10H20O4. The molecule has 4 nitrogen and oxygen atoms in total.